The molecule has 1 heterocycles. The van der Waals surface area contributed by atoms with Crippen LogP contribution < -0.4 is 0 Å². The fourth-order valence-electron chi connectivity index (χ4n) is 2.37. The minimum Gasteiger partial charge on any atom is -0.504 e. The molecule has 0 aliphatic carbocycles. The van der Waals surface area contributed by atoms with Crippen molar-refractivity contribution in [3.05, 3.63) is 5.28 Å². The summed E-state index contributed by atoms with van der Waals surface area (Å²) in [5.41, 5.74) is -1.65. The molecule has 2 aromatic carbocycles. The Balaban J connectivity index is 2.37. The number of aromatic nitrogens is 3. The molecular weight excluding hydrogens is 418 g/mol. The summed E-state index contributed by atoms with van der Waals surface area (Å²) >= 11 is 5.74. The highest BCUT2D eigenvalue weighted by Crippen LogP contribution is 2.56. The van der Waals surface area contributed by atoms with Crippen LogP contribution in [0.4, 0.5) is 0 Å². The Hall–Kier alpha value is -4.26. The van der Waals surface area contributed by atoms with Gasteiger partial charge in [0, 0.05) is 0 Å². The molecule has 0 spiro atoms. The highest BCUT2D eigenvalue weighted by Gasteiger charge is 2.30. The van der Waals surface area contributed by atoms with E-state index in [4.69, 9.17) is 11.6 Å². The molecule has 0 amide bonds. The number of rotatable bonds is 2. The molecule has 0 radical (unpaired) electrons. The van der Waals surface area contributed by atoms with Crippen molar-refractivity contribution < 1.29 is 51.1 Å². The van der Waals surface area contributed by atoms with Crippen molar-refractivity contribution in [2.75, 3.05) is 0 Å². The molecule has 3 aromatic rings. The van der Waals surface area contributed by atoms with E-state index in [1.165, 1.54) is 0 Å². The van der Waals surface area contributed by atoms with E-state index in [1.54, 1.807) is 0 Å². The smallest absolute Gasteiger partial charge is 0.226 e. The van der Waals surface area contributed by atoms with Crippen LogP contribution in [0.15, 0.2) is 0 Å². The lowest BCUT2D eigenvalue weighted by molar-refractivity contribution is 0.329. The number of aromatic hydroxyl groups is 10. The Morgan fingerprint density at radius 3 is 0.897 bits per heavy atom. The quantitative estimate of drug-likeness (QED) is 0.202. The highest BCUT2D eigenvalue weighted by atomic mass is 35.5. The van der Waals surface area contributed by atoms with E-state index >= 15 is 0 Å². The fraction of sp³-hybridized carbons (Fsp3) is 0. The molecule has 0 unspecified atom stereocenters. The summed E-state index contributed by atoms with van der Waals surface area (Å²) in [6.45, 7) is 0. The van der Waals surface area contributed by atoms with E-state index in [0.717, 1.165) is 0 Å². The maximum Gasteiger partial charge on any atom is 0.226 e. The topological polar surface area (TPSA) is 241 Å². The average Bonchev–Trinajstić information content (AvgIpc) is 2.67. The second kappa shape index (κ2) is 6.42. The van der Waals surface area contributed by atoms with E-state index in [1.807, 2.05) is 0 Å². The summed E-state index contributed by atoms with van der Waals surface area (Å²) in [5.74, 6) is -13.6. The summed E-state index contributed by atoms with van der Waals surface area (Å²) in [5, 5.41) is 96.8. The van der Waals surface area contributed by atoms with E-state index in [-0.39, 0.29) is 0 Å². The van der Waals surface area contributed by atoms with Gasteiger partial charge in [0.15, 0.2) is 34.6 Å². The van der Waals surface area contributed by atoms with Gasteiger partial charge >= 0.3 is 0 Å². The van der Waals surface area contributed by atoms with Gasteiger partial charge in [-0.25, -0.2) is 4.98 Å². The Morgan fingerprint density at radius 1 is 0.379 bits per heavy atom. The van der Waals surface area contributed by atoms with E-state index in [2.05, 4.69) is 15.0 Å². The van der Waals surface area contributed by atoms with Gasteiger partial charge in [-0.05, 0) is 11.6 Å². The molecule has 0 aliphatic heterocycles. The van der Waals surface area contributed by atoms with Gasteiger partial charge in [0.2, 0.25) is 39.8 Å². The summed E-state index contributed by atoms with van der Waals surface area (Å²) in [6.07, 6.45) is 0. The highest BCUT2D eigenvalue weighted by molar-refractivity contribution is 6.28. The third kappa shape index (κ3) is 2.76. The fourth-order valence-corrected chi connectivity index (χ4v) is 2.53. The van der Waals surface area contributed by atoms with Gasteiger partial charge in [0.1, 0.15) is 11.1 Å². The van der Waals surface area contributed by atoms with Gasteiger partial charge < -0.3 is 51.1 Å². The summed E-state index contributed by atoms with van der Waals surface area (Å²) in [7, 11) is 0. The van der Waals surface area contributed by atoms with Crippen molar-refractivity contribution in [2.45, 2.75) is 0 Å². The van der Waals surface area contributed by atoms with Gasteiger partial charge in [-0.15, -0.1) is 0 Å². The van der Waals surface area contributed by atoms with Crippen molar-refractivity contribution in [1.82, 2.24) is 15.0 Å². The molecule has 13 nitrogen and oxygen atoms in total. The average molecular weight is 428 g/mol. The molecule has 0 saturated carbocycles. The second-order valence-electron chi connectivity index (χ2n) is 5.49. The predicted octanol–water partition coefficient (Wildman–Crippen LogP) is 0.915. The van der Waals surface area contributed by atoms with Gasteiger partial charge in [0.25, 0.3) is 0 Å². The molecule has 0 atom stereocenters. The van der Waals surface area contributed by atoms with Crippen LogP contribution in [0.5, 0.6) is 57.5 Å². The van der Waals surface area contributed by atoms with Gasteiger partial charge in [-0.2, -0.15) is 9.97 Å². The number of halogens is 1. The van der Waals surface area contributed by atoms with E-state index in [0.29, 0.717) is 0 Å². The van der Waals surface area contributed by atoms with Crippen LogP contribution in [0, 0.1) is 0 Å². The zero-order valence-corrected chi connectivity index (χ0v) is 14.4. The first-order valence-corrected chi connectivity index (χ1v) is 7.64. The first kappa shape index (κ1) is 19.5. The van der Waals surface area contributed by atoms with Crippen LogP contribution in [0.1, 0.15) is 0 Å². The first-order valence-electron chi connectivity index (χ1n) is 7.27. The number of phenols is 10. The van der Waals surface area contributed by atoms with Crippen LogP contribution in [0.2, 0.25) is 5.28 Å². The predicted molar refractivity (Wildman–Crippen MR) is 92.4 cm³/mol. The number of phenolic OH excluding ortho intramolecular Hbond substituents is 10. The van der Waals surface area contributed by atoms with Crippen molar-refractivity contribution in [2.24, 2.45) is 0 Å². The van der Waals surface area contributed by atoms with Crippen LogP contribution in [0.25, 0.3) is 22.8 Å². The number of hydrogen-bond donors (Lipinski definition) is 10. The Bertz CT molecular complexity index is 1040. The van der Waals surface area contributed by atoms with Crippen molar-refractivity contribution in [1.29, 1.82) is 0 Å². The largest absolute Gasteiger partial charge is 0.504 e. The van der Waals surface area contributed by atoms with Gasteiger partial charge in [-0.3, -0.25) is 0 Å². The molecule has 0 saturated heterocycles. The molecular formula is C15H10ClN3O10. The van der Waals surface area contributed by atoms with Crippen molar-refractivity contribution >= 4 is 11.6 Å². The number of nitrogens with zero attached hydrogens (tertiary/aromatic N) is 3. The molecule has 1 aromatic heterocycles. The Kier molecular flexibility index (Phi) is 4.31. The molecule has 14 heteroatoms. The summed E-state index contributed by atoms with van der Waals surface area (Å²) < 4.78 is 0. The summed E-state index contributed by atoms with van der Waals surface area (Å²) in [4.78, 5) is 10.8. The second-order valence-corrected chi connectivity index (χ2v) is 5.83. The minimum absolute atomic E-state index is 0.665. The molecule has 0 bridgehead atoms. The van der Waals surface area contributed by atoms with Crippen LogP contribution in [0.3, 0.4) is 0 Å². The molecule has 0 aliphatic rings. The van der Waals surface area contributed by atoms with Crippen LogP contribution in [-0.2, 0) is 0 Å². The maximum atomic E-state index is 9.99. The summed E-state index contributed by atoms with van der Waals surface area (Å²) in [6, 6.07) is 0. The minimum atomic E-state index is -1.24. The number of benzene rings is 2. The standard InChI is InChI=1S/C15H10ClN3O10/c16-15-18-13(1-3(20)7(24)11(28)8(25)4(1)21)17-14(19-15)2-5(22)9(26)12(29)10(27)6(2)23/h20-29H. The van der Waals surface area contributed by atoms with Crippen LogP contribution >= 0.6 is 11.6 Å². The lowest BCUT2D eigenvalue weighted by atomic mass is 10.1. The zero-order chi connectivity index (χ0) is 21.8. The zero-order valence-electron chi connectivity index (χ0n) is 13.7. The molecule has 152 valence electrons. The number of hydrogen-bond acceptors (Lipinski definition) is 13. The molecule has 0 fully saturated rings. The van der Waals surface area contributed by atoms with Gasteiger partial charge in [0.05, 0.1) is 0 Å². The molecule has 10 N–H and O–H groups in total. The van der Waals surface area contributed by atoms with E-state index in [9.17, 15) is 51.1 Å². The maximum absolute atomic E-state index is 9.99. The normalized spacial score (nSPS) is 10.9. The Labute approximate surface area is 163 Å². The van der Waals surface area contributed by atoms with Crippen LogP contribution in [-0.4, -0.2) is 66.0 Å². The van der Waals surface area contributed by atoms with Crippen molar-refractivity contribution in [3.63, 3.8) is 0 Å². The molecule has 3 rings (SSSR count). The first-order chi connectivity index (χ1) is 13.5. The van der Waals surface area contributed by atoms with Crippen molar-refractivity contribution in [3.8, 4) is 80.3 Å². The van der Waals surface area contributed by atoms with Gasteiger partial charge in [-0.1, -0.05) is 0 Å². The lowest BCUT2D eigenvalue weighted by Crippen LogP contribution is -1.99. The van der Waals surface area contributed by atoms with E-state index < -0.39 is 85.6 Å². The SMILES string of the molecule is Oc1c(O)c(O)c(-c2nc(Cl)nc(-c3c(O)c(O)c(O)c(O)c3O)n2)c(O)c1O. The monoisotopic (exact) mass is 427 g/mol. The third-order valence-electron chi connectivity index (χ3n) is 3.80. The third-order valence-corrected chi connectivity index (χ3v) is 3.97. The Morgan fingerprint density at radius 2 is 0.621 bits per heavy atom. The molecule has 29 heavy (non-hydrogen) atoms. The lowest BCUT2D eigenvalue weighted by Gasteiger charge is -2.14.